The molecule has 6 nitrogen and oxygen atoms in total. The number of pyridine rings is 1. The maximum absolute atomic E-state index is 13.8. The summed E-state index contributed by atoms with van der Waals surface area (Å²) < 4.78 is 5.74. The zero-order valence-corrected chi connectivity index (χ0v) is 22.5. The highest BCUT2D eigenvalue weighted by Gasteiger charge is 2.21. The molecule has 2 aromatic heterocycles. The van der Waals surface area contributed by atoms with Gasteiger partial charge in [0.2, 0.25) is 0 Å². The Morgan fingerprint density at radius 1 is 0.900 bits per heavy atom. The number of aromatic carboxylic acids is 1. The zero-order valence-electron chi connectivity index (χ0n) is 21.7. The van der Waals surface area contributed by atoms with Crippen LogP contribution in [0.2, 0.25) is 0 Å². The van der Waals surface area contributed by atoms with Gasteiger partial charge in [0, 0.05) is 23.4 Å². The van der Waals surface area contributed by atoms with E-state index in [2.05, 4.69) is 34.6 Å². The largest absolute Gasteiger partial charge is 0.478 e. The third-order valence-corrected chi connectivity index (χ3v) is 7.87. The van der Waals surface area contributed by atoms with Gasteiger partial charge < -0.3 is 10.4 Å². The van der Waals surface area contributed by atoms with Gasteiger partial charge in [0.1, 0.15) is 0 Å². The van der Waals surface area contributed by atoms with Crippen molar-refractivity contribution in [1.29, 1.82) is 0 Å². The number of carbonyl (C=O) groups is 2. The molecule has 2 N–H and O–H groups in total. The molecule has 0 aliphatic heterocycles. The number of nitrogens with zero attached hydrogens (tertiary/aromatic N) is 2. The second kappa shape index (κ2) is 10.7. The summed E-state index contributed by atoms with van der Waals surface area (Å²) >= 11 is 1.40. The fraction of sp³-hybridized carbons (Fsp3) is 0.0909. The van der Waals surface area contributed by atoms with Gasteiger partial charge in [-0.2, -0.15) is 4.37 Å². The zero-order chi connectivity index (χ0) is 27.6. The van der Waals surface area contributed by atoms with E-state index in [9.17, 15) is 14.7 Å². The predicted molar refractivity (Wildman–Crippen MR) is 159 cm³/mol. The standard InChI is InChI=1S/C33H25N3O3S/c1-20(22-11-13-25(14-12-22)33(38)39)35-32(37)27-18-26(23-6-3-2-4-7-23)19-30-31(27)29(36-40-30)17-21-9-10-24-8-5-15-34-28(24)16-21/h2-16,18-20H,17H2,1H3,(H,35,37)(H,38,39)/t20-/m0/s1. The molecule has 0 aliphatic rings. The Hall–Kier alpha value is -4.88. The second-order valence-corrected chi connectivity index (χ2v) is 10.5. The lowest BCUT2D eigenvalue weighted by Crippen LogP contribution is -2.27. The fourth-order valence-electron chi connectivity index (χ4n) is 4.92. The van der Waals surface area contributed by atoms with Crippen molar-refractivity contribution in [3.63, 3.8) is 0 Å². The summed E-state index contributed by atoms with van der Waals surface area (Å²) in [5.74, 6) is -1.19. The van der Waals surface area contributed by atoms with Gasteiger partial charge in [0.05, 0.1) is 33.1 Å². The summed E-state index contributed by atoms with van der Waals surface area (Å²) in [5.41, 5.74) is 6.40. The van der Waals surface area contributed by atoms with Crippen LogP contribution < -0.4 is 5.32 Å². The normalized spacial score (nSPS) is 11.9. The van der Waals surface area contributed by atoms with E-state index >= 15 is 0 Å². The van der Waals surface area contributed by atoms with E-state index < -0.39 is 5.97 Å². The number of rotatable bonds is 7. The van der Waals surface area contributed by atoms with E-state index in [1.54, 1.807) is 30.5 Å². The van der Waals surface area contributed by atoms with Crippen LogP contribution in [0.5, 0.6) is 0 Å². The minimum Gasteiger partial charge on any atom is -0.478 e. The van der Waals surface area contributed by atoms with Crippen molar-refractivity contribution in [3.8, 4) is 11.1 Å². The number of carboxylic acids is 1. The van der Waals surface area contributed by atoms with Gasteiger partial charge >= 0.3 is 5.97 Å². The van der Waals surface area contributed by atoms with Crippen LogP contribution in [0.15, 0.2) is 103 Å². The maximum atomic E-state index is 13.8. The summed E-state index contributed by atoms with van der Waals surface area (Å²) in [6.45, 7) is 1.89. The molecule has 2 heterocycles. The van der Waals surface area contributed by atoms with Crippen molar-refractivity contribution in [2.45, 2.75) is 19.4 Å². The molecule has 40 heavy (non-hydrogen) atoms. The second-order valence-electron chi connectivity index (χ2n) is 9.72. The minimum atomic E-state index is -0.983. The number of aromatic nitrogens is 2. The van der Waals surface area contributed by atoms with Crippen molar-refractivity contribution in [1.82, 2.24) is 14.7 Å². The van der Waals surface area contributed by atoms with E-state index in [0.717, 1.165) is 48.9 Å². The lowest BCUT2D eigenvalue weighted by Gasteiger charge is -2.16. The number of nitrogens with one attached hydrogen (secondary N) is 1. The van der Waals surface area contributed by atoms with Gasteiger partial charge in [-0.15, -0.1) is 0 Å². The van der Waals surface area contributed by atoms with E-state index in [0.29, 0.717) is 12.0 Å². The number of hydrogen-bond donors (Lipinski definition) is 2. The third kappa shape index (κ3) is 5.07. The van der Waals surface area contributed by atoms with Crippen LogP contribution in [-0.4, -0.2) is 26.3 Å². The van der Waals surface area contributed by atoms with E-state index in [1.807, 2.05) is 55.5 Å². The van der Waals surface area contributed by atoms with Gasteiger partial charge in [-0.1, -0.05) is 60.7 Å². The molecule has 6 aromatic rings. The van der Waals surface area contributed by atoms with Gasteiger partial charge in [-0.25, -0.2) is 4.79 Å². The minimum absolute atomic E-state index is 0.206. The highest BCUT2D eigenvalue weighted by Crippen LogP contribution is 2.34. The molecule has 1 amide bonds. The quantitative estimate of drug-likeness (QED) is 0.221. The number of benzene rings is 4. The van der Waals surface area contributed by atoms with Crippen molar-refractivity contribution >= 4 is 44.4 Å². The highest BCUT2D eigenvalue weighted by atomic mass is 32.1. The maximum Gasteiger partial charge on any atom is 0.335 e. The van der Waals surface area contributed by atoms with Gasteiger partial charge in [-0.05, 0) is 77.1 Å². The summed E-state index contributed by atoms with van der Waals surface area (Å²) in [6, 6.07) is 30.4. The molecule has 0 saturated heterocycles. The molecule has 6 rings (SSSR count). The van der Waals surface area contributed by atoms with Crippen LogP contribution in [-0.2, 0) is 6.42 Å². The Balaban J connectivity index is 1.39. The first-order valence-electron chi connectivity index (χ1n) is 12.9. The number of carbonyl (C=O) groups excluding carboxylic acids is 1. The van der Waals surface area contributed by atoms with Gasteiger partial charge in [0.15, 0.2) is 0 Å². The van der Waals surface area contributed by atoms with Crippen LogP contribution in [0.25, 0.3) is 32.1 Å². The SMILES string of the molecule is C[C@H](NC(=O)c1cc(-c2ccccc2)cc2snc(Cc3ccc4cccnc4c3)c12)c1ccc(C(=O)O)cc1. The first kappa shape index (κ1) is 25.4. The molecule has 0 radical (unpaired) electrons. The first-order chi connectivity index (χ1) is 19.5. The fourth-order valence-corrected chi connectivity index (χ4v) is 5.78. The summed E-state index contributed by atoms with van der Waals surface area (Å²) in [5, 5.41) is 14.3. The van der Waals surface area contributed by atoms with Crippen molar-refractivity contribution in [2.75, 3.05) is 0 Å². The Morgan fingerprint density at radius 2 is 1.70 bits per heavy atom. The molecule has 1 atom stereocenters. The molecule has 196 valence electrons. The smallest absolute Gasteiger partial charge is 0.335 e. The predicted octanol–water partition coefficient (Wildman–Crippen LogP) is 7.29. The number of fused-ring (bicyclic) bond motifs is 2. The molecule has 0 unspecified atom stereocenters. The third-order valence-electron chi connectivity index (χ3n) is 7.04. The molecule has 0 saturated carbocycles. The summed E-state index contributed by atoms with van der Waals surface area (Å²) in [6.07, 6.45) is 2.36. The highest BCUT2D eigenvalue weighted by molar-refractivity contribution is 7.13. The molecular formula is C33H25N3O3S. The van der Waals surface area contributed by atoms with Crippen LogP contribution in [0.3, 0.4) is 0 Å². The Labute approximate surface area is 235 Å². The monoisotopic (exact) mass is 543 g/mol. The Morgan fingerprint density at radius 3 is 2.48 bits per heavy atom. The molecule has 0 bridgehead atoms. The topological polar surface area (TPSA) is 92.2 Å². The first-order valence-corrected chi connectivity index (χ1v) is 13.7. The Kier molecular flexibility index (Phi) is 6.80. The van der Waals surface area contributed by atoms with Gasteiger partial charge in [-0.3, -0.25) is 9.78 Å². The van der Waals surface area contributed by atoms with E-state index in [1.165, 1.54) is 11.5 Å². The average molecular weight is 544 g/mol. The number of hydrogen-bond acceptors (Lipinski definition) is 5. The van der Waals surface area contributed by atoms with Gasteiger partial charge in [0.25, 0.3) is 5.91 Å². The molecule has 4 aromatic carbocycles. The van der Waals surface area contributed by atoms with Crippen molar-refractivity contribution in [2.24, 2.45) is 0 Å². The van der Waals surface area contributed by atoms with Crippen LogP contribution in [0, 0.1) is 0 Å². The van der Waals surface area contributed by atoms with E-state index in [4.69, 9.17) is 4.37 Å². The number of amides is 1. The molecular weight excluding hydrogens is 518 g/mol. The molecule has 7 heteroatoms. The van der Waals surface area contributed by atoms with Crippen LogP contribution >= 0.6 is 11.5 Å². The lowest BCUT2D eigenvalue weighted by atomic mass is 9.96. The molecule has 0 fully saturated rings. The lowest BCUT2D eigenvalue weighted by molar-refractivity contribution is 0.0696. The van der Waals surface area contributed by atoms with E-state index in [-0.39, 0.29) is 17.5 Å². The van der Waals surface area contributed by atoms with Crippen molar-refractivity contribution in [3.05, 3.63) is 131 Å². The van der Waals surface area contributed by atoms with Crippen LogP contribution in [0.4, 0.5) is 0 Å². The van der Waals surface area contributed by atoms with Crippen LogP contribution in [0.1, 0.15) is 50.5 Å². The van der Waals surface area contributed by atoms with Crippen molar-refractivity contribution < 1.29 is 14.7 Å². The average Bonchev–Trinajstić information content (AvgIpc) is 3.39. The molecule has 0 aliphatic carbocycles. The Bertz CT molecular complexity index is 1860. The molecule has 0 spiro atoms. The summed E-state index contributed by atoms with van der Waals surface area (Å²) in [7, 11) is 0. The summed E-state index contributed by atoms with van der Waals surface area (Å²) in [4.78, 5) is 29.6. The number of carboxylic acid groups (broad SMARTS) is 1.